The van der Waals surface area contributed by atoms with Crippen molar-refractivity contribution in [3.8, 4) is 0 Å². The Labute approximate surface area is 117 Å². The van der Waals surface area contributed by atoms with Crippen molar-refractivity contribution < 1.29 is 0 Å². The fourth-order valence-corrected chi connectivity index (χ4v) is 3.41. The van der Waals surface area contributed by atoms with E-state index in [9.17, 15) is 0 Å². The van der Waals surface area contributed by atoms with E-state index in [-0.39, 0.29) is 6.04 Å². The Kier molecular flexibility index (Phi) is 4.80. The monoisotopic (exact) mass is 278 g/mol. The van der Waals surface area contributed by atoms with Gasteiger partial charge in [-0.3, -0.25) is 0 Å². The zero-order valence-electron chi connectivity index (χ0n) is 10.7. The van der Waals surface area contributed by atoms with Gasteiger partial charge >= 0.3 is 0 Å². The lowest BCUT2D eigenvalue weighted by molar-refractivity contribution is 0.644. The van der Waals surface area contributed by atoms with Crippen LogP contribution >= 0.6 is 23.1 Å². The van der Waals surface area contributed by atoms with E-state index in [0.29, 0.717) is 0 Å². The molecule has 0 aliphatic carbocycles. The van der Waals surface area contributed by atoms with Crippen molar-refractivity contribution in [2.24, 2.45) is 5.73 Å². The largest absolute Gasteiger partial charge is 0.327 e. The highest BCUT2D eigenvalue weighted by atomic mass is 32.2. The van der Waals surface area contributed by atoms with E-state index in [2.05, 4.69) is 42.4 Å². The predicted molar refractivity (Wildman–Crippen MR) is 79.4 cm³/mol. The molecule has 1 atom stereocenters. The van der Waals surface area contributed by atoms with E-state index >= 15 is 0 Å². The highest BCUT2D eigenvalue weighted by molar-refractivity contribution is 8.01. The summed E-state index contributed by atoms with van der Waals surface area (Å²) in [5, 5.41) is 3.18. The minimum absolute atomic E-state index is 0.238. The van der Waals surface area contributed by atoms with E-state index in [1.165, 1.54) is 15.3 Å². The summed E-state index contributed by atoms with van der Waals surface area (Å²) in [6.07, 6.45) is 3.87. The third-order valence-corrected chi connectivity index (χ3v) is 4.96. The van der Waals surface area contributed by atoms with Gasteiger partial charge in [0, 0.05) is 12.2 Å². The van der Waals surface area contributed by atoms with Crippen molar-refractivity contribution in [2.75, 3.05) is 0 Å². The molecule has 0 saturated carbocycles. The summed E-state index contributed by atoms with van der Waals surface area (Å²) in [5.74, 6) is 0. The summed E-state index contributed by atoms with van der Waals surface area (Å²) in [6.45, 7) is 4.23. The fraction of sp³-hybridized carbons (Fsp3) is 0.357. The van der Waals surface area contributed by atoms with Crippen LogP contribution in [0.5, 0.6) is 0 Å². The van der Waals surface area contributed by atoms with Crippen LogP contribution in [0.15, 0.2) is 39.0 Å². The second kappa shape index (κ2) is 6.36. The Hall–Kier alpha value is -0.840. The molecule has 0 spiro atoms. The summed E-state index contributed by atoms with van der Waals surface area (Å²) in [6, 6.07) is 6.63. The Morgan fingerprint density at radius 2 is 2.33 bits per heavy atom. The minimum atomic E-state index is 0.238. The Balaban J connectivity index is 2.10. The van der Waals surface area contributed by atoms with Crippen LogP contribution in [0.4, 0.5) is 0 Å². The average Bonchev–Trinajstić information content (AvgIpc) is 2.85. The summed E-state index contributed by atoms with van der Waals surface area (Å²) in [5.41, 5.74) is 8.44. The molecule has 0 aliphatic heterocycles. The topological polar surface area (TPSA) is 38.9 Å². The molecule has 4 heteroatoms. The van der Waals surface area contributed by atoms with Crippen LogP contribution in [0.2, 0.25) is 0 Å². The normalized spacial score (nSPS) is 12.6. The molecule has 0 fully saturated rings. The predicted octanol–water partition coefficient (Wildman–Crippen LogP) is 3.88. The number of aryl methyl sites for hydroxylation is 1. The SMILES string of the molecule is CCC(N)Cc1cnc(Sc2cccs2)c(C)c1. The van der Waals surface area contributed by atoms with Crippen molar-refractivity contribution in [3.63, 3.8) is 0 Å². The van der Waals surface area contributed by atoms with E-state index in [4.69, 9.17) is 5.73 Å². The molecule has 0 saturated heterocycles. The number of aromatic nitrogens is 1. The van der Waals surface area contributed by atoms with Gasteiger partial charge in [0.2, 0.25) is 0 Å². The number of hydrogen-bond donors (Lipinski definition) is 1. The smallest absolute Gasteiger partial charge is 0.104 e. The van der Waals surface area contributed by atoms with Crippen LogP contribution in [0.1, 0.15) is 24.5 Å². The number of rotatable bonds is 5. The Morgan fingerprint density at radius 3 is 2.94 bits per heavy atom. The maximum absolute atomic E-state index is 5.97. The van der Waals surface area contributed by atoms with Gasteiger partial charge in [-0.2, -0.15) is 0 Å². The maximum atomic E-state index is 5.97. The molecule has 0 aromatic carbocycles. The third kappa shape index (κ3) is 3.57. The van der Waals surface area contributed by atoms with Crippen molar-refractivity contribution in [2.45, 2.75) is 42.0 Å². The van der Waals surface area contributed by atoms with E-state index < -0.39 is 0 Å². The number of pyridine rings is 1. The van der Waals surface area contributed by atoms with Crippen LogP contribution in [-0.2, 0) is 6.42 Å². The standard InChI is InChI=1S/C14H18N2S2/c1-3-12(15)8-11-7-10(2)14(16-9-11)18-13-5-4-6-17-13/h4-7,9,12H,3,8,15H2,1-2H3. The molecule has 0 amide bonds. The first kappa shape index (κ1) is 13.6. The van der Waals surface area contributed by atoms with Gasteiger partial charge in [-0.25, -0.2) is 4.98 Å². The summed E-state index contributed by atoms with van der Waals surface area (Å²) in [7, 11) is 0. The van der Waals surface area contributed by atoms with Crippen molar-refractivity contribution >= 4 is 23.1 Å². The lowest BCUT2D eigenvalue weighted by Gasteiger charge is -2.10. The highest BCUT2D eigenvalue weighted by Crippen LogP contribution is 2.32. The van der Waals surface area contributed by atoms with Crippen molar-refractivity contribution in [3.05, 3.63) is 40.9 Å². The first-order valence-electron chi connectivity index (χ1n) is 6.11. The number of hydrogen-bond acceptors (Lipinski definition) is 4. The summed E-state index contributed by atoms with van der Waals surface area (Å²) >= 11 is 3.48. The van der Waals surface area contributed by atoms with Gasteiger partial charge in [0.25, 0.3) is 0 Å². The second-order valence-corrected chi connectivity index (χ2v) is 6.61. The Bertz CT molecular complexity index is 495. The van der Waals surface area contributed by atoms with Gasteiger partial charge in [-0.1, -0.05) is 30.8 Å². The average molecular weight is 278 g/mol. The van der Waals surface area contributed by atoms with Crippen LogP contribution in [0.25, 0.3) is 0 Å². The molecule has 2 aromatic heterocycles. The van der Waals surface area contributed by atoms with Gasteiger partial charge < -0.3 is 5.73 Å². The second-order valence-electron chi connectivity index (χ2n) is 4.37. The molecule has 1 unspecified atom stereocenters. The lowest BCUT2D eigenvalue weighted by Crippen LogP contribution is -2.21. The van der Waals surface area contributed by atoms with Gasteiger partial charge in [-0.15, -0.1) is 11.3 Å². The minimum Gasteiger partial charge on any atom is -0.327 e. The first-order chi connectivity index (χ1) is 8.69. The molecule has 2 aromatic rings. The molecule has 2 nitrogen and oxygen atoms in total. The molecular weight excluding hydrogens is 260 g/mol. The van der Waals surface area contributed by atoms with Crippen molar-refractivity contribution in [1.29, 1.82) is 0 Å². The van der Waals surface area contributed by atoms with Gasteiger partial charge in [-0.05, 0) is 42.3 Å². The van der Waals surface area contributed by atoms with Gasteiger partial charge in [0.05, 0.1) is 4.21 Å². The zero-order chi connectivity index (χ0) is 13.0. The van der Waals surface area contributed by atoms with Gasteiger partial charge in [0.15, 0.2) is 0 Å². The Morgan fingerprint density at radius 1 is 1.50 bits per heavy atom. The highest BCUT2D eigenvalue weighted by Gasteiger charge is 2.07. The van der Waals surface area contributed by atoms with E-state index in [0.717, 1.165) is 17.9 Å². The molecule has 18 heavy (non-hydrogen) atoms. The molecule has 0 radical (unpaired) electrons. The van der Waals surface area contributed by atoms with E-state index in [1.807, 2.05) is 6.20 Å². The third-order valence-electron chi connectivity index (χ3n) is 2.80. The van der Waals surface area contributed by atoms with Gasteiger partial charge in [0.1, 0.15) is 5.03 Å². The number of nitrogens with two attached hydrogens (primary N) is 1. The van der Waals surface area contributed by atoms with E-state index in [1.54, 1.807) is 23.1 Å². The number of thiophene rings is 1. The molecule has 2 rings (SSSR count). The van der Waals surface area contributed by atoms with Crippen molar-refractivity contribution in [1.82, 2.24) is 4.98 Å². The molecular formula is C14H18N2S2. The summed E-state index contributed by atoms with van der Waals surface area (Å²) < 4.78 is 1.28. The van der Waals surface area contributed by atoms with Crippen LogP contribution in [-0.4, -0.2) is 11.0 Å². The molecule has 0 aliphatic rings. The zero-order valence-corrected chi connectivity index (χ0v) is 12.4. The fourth-order valence-electron chi connectivity index (χ4n) is 1.70. The maximum Gasteiger partial charge on any atom is 0.104 e. The first-order valence-corrected chi connectivity index (χ1v) is 7.81. The van der Waals surface area contributed by atoms with Crippen LogP contribution < -0.4 is 5.73 Å². The quantitative estimate of drug-likeness (QED) is 0.902. The molecule has 2 heterocycles. The lowest BCUT2D eigenvalue weighted by atomic mass is 10.1. The molecule has 2 N–H and O–H groups in total. The summed E-state index contributed by atoms with van der Waals surface area (Å²) in [4.78, 5) is 4.55. The van der Waals surface area contributed by atoms with Crippen LogP contribution in [0, 0.1) is 6.92 Å². The van der Waals surface area contributed by atoms with Crippen LogP contribution in [0.3, 0.4) is 0 Å². The number of nitrogens with zero attached hydrogens (tertiary/aromatic N) is 1. The molecule has 96 valence electrons. The molecule has 0 bridgehead atoms.